The predicted octanol–water partition coefficient (Wildman–Crippen LogP) is 7.43. The average Bonchev–Trinajstić information content (AvgIpc) is 2.66. The molecule has 2 rings (SSSR count). The summed E-state index contributed by atoms with van der Waals surface area (Å²) in [6.07, 6.45) is 13.5. The maximum absolute atomic E-state index is 3.58. The van der Waals surface area contributed by atoms with E-state index in [1.54, 1.807) is 0 Å². The van der Waals surface area contributed by atoms with Crippen molar-refractivity contribution in [1.82, 2.24) is 0 Å². The summed E-state index contributed by atoms with van der Waals surface area (Å²) < 4.78 is 0. The van der Waals surface area contributed by atoms with Gasteiger partial charge in [0.05, 0.1) is 0 Å². The van der Waals surface area contributed by atoms with Crippen LogP contribution in [0.4, 0.5) is 17.1 Å². The van der Waals surface area contributed by atoms with Crippen molar-refractivity contribution in [2.75, 3.05) is 10.6 Å². The van der Waals surface area contributed by atoms with Crippen molar-refractivity contribution in [2.24, 2.45) is 0 Å². The molecule has 0 saturated carbocycles. The van der Waals surface area contributed by atoms with Crippen LogP contribution in [0, 0.1) is 0 Å². The van der Waals surface area contributed by atoms with Crippen LogP contribution in [-0.2, 0) is 0 Å². The van der Waals surface area contributed by atoms with Crippen molar-refractivity contribution in [3.8, 4) is 0 Å². The van der Waals surface area contributed by atoms with E-state index in [-0.39, 0.29) is 0 Å². The van der Waals surface area contributed by atoms with Gasteiger partial charge in [-0.2, -0.15) is 0 Å². The highest BCUT2D eigenvalue weighted by molar-refractivity contribution is 5.65. The summed E-state index contributed by atoms with van der Waals surface area (Å²) in [5.41, 5.74) is 4.76. The Morgan fingerprint density at radius 1 is 0.815 bits per heavy atom. The number of hydrogen-bond donors (Lipinski definition) is 2. The molecule has 0 spiro atoms. The topological polar surface area (TPSA) is 24.1 Å². The number of anilines is 3. The summed E-state index contributed by atoms with van der Waals surface area (Å²) in [4.78, 5) is 0. The summed E-state index contributed by atoms with van der Waals surface area (Å²) in [5.74, 6) is 0.446. The molecule has 1 atom stereocenters. The molecule has 0 heterocycles. The first-order chi connectivity index (χ1) is 13.1. The lowest BCUT2D eigenvalue weighted by Gasteiger charge is -2.17. The zero-order chi connectivity index (χ0) is 19.5. The Labute approximate surface area is 164 Å². The molecule has 2 nitrogen and oxygen atoms in total. The van der Waals surface area contributed by atoms with Crippen LogP contribution in [0.5, 0.6) is 0 Å². The third kappa shape index (κ3) is 7.18. The molecule has 0 aliphatic heterocycles. The second kappa shape index (κ2) is 11.1. The van der Waals surface area contributed by atoms with Gasteiger partial charge in [0.25, 0.3) is 0 Å². The fourth-order valence-corrected chi connectivity index (χ4v) is 2.91. The molecule has 0 aromatic heterocycles. The Balaban J connectivity index is 2.04. The fourth-order valence-electron chi connectivity index (χ4n) is 2.91. The van der Waals surface area contributed by atoms with Crippen LogP contribution in [-0.4, -0.2) is 6.04 Å². The molecule has 2 N–H and O–H groups in total. The Bertz CT molecular complexity index is 767. The van der Waals surface area contributed by atoms with E-state index in [2.05, 4.69) is 104 Å². The van der Waals surface area contributed by atoms with Gasteiger partial charge in [-0.1, -0.05) is 61.6 Å². The van der Waals surface area contributed by atoms with Gasteiger partial charge in [0.1, 0.15) is 0 Å². The zero-order valence-corrected chi connectivity index (χ0v) is 16.9. The van der Waals surface area contributed by atoms with E-state index in [1.807, 2.05) is 19.1 Å². The molecule has 142 valence electrons. The van der Waals surface area contributed by atoms with Gasteiger partial charge >= 0.3 is 0 Å². The quantitative estimate of drug-likeness (QED) is 0.454. The molecule has 0 radical (unpaired) electrons. The van der Waals surface area contributed by atoms with Crippen LogP contribution < -0.4 is 10.6 Å². The van der Waals surface area contributed by atoms with E-state index >= 15 is 0 Å². The molecular formula is C25H32N2. The van der Waals surface area contributed by atoms with E-state index in [9.17, 15) is 0 Å². The smallest absolute Gasteiger partial charge is 0.0419 e. The van der Waals surface area contributed by atoms with Crippen molar-refractivity contribution in [3.63, 3.8) is 0 Å². The average molecular weight is 361 g/mol. The Morgan fingerprint density at radius 3 is 2.19 bits per heavy atom. The summed E-state index contributed by atoms with van der Waals surface area (Å²) >= 11 is 0. The minimum absolute atomic E-state index is 0.436. The van der Waals surface area contributed by atoms with Gasteiger partial charge in [-0.05, 0) is 69.0 Å². The number of rotatable bonds is 9. The second-order valence-corrected chi connectivity index (χ2v) is 7.06. The number of para-hydroxylation sites is 1. The SMILES string of the molecule is CC=CC=CC=CCC(C)c1ccccc1Nc1ccc(NC(C)C)cc1. The third-order valence-corrected chi connectivity index (χ3v) is 4.26. The normalized spacial score (nSPS) is 13.1. The van der Waals surface area contributed by atoms with Crippen LogP contribution in [0.15, 0.2) is 85.0 Å². The second-order valence-electron chi connectivity index (χ2n) is 7.06. The van der Waals surface area contributed by atoms with Crippen molar-refractivity contribution in [3.05, 3.63) is 90.6 Å². The van der Waals surface area contributed by atoms with Crippen molar-refractivity contribution in [2.45, 2.75) is 46.1 Å². The first kappa shape index (κ1) is 20.6. The zero-order valence-electron chi connectivity index (χ0n) is 16.9. The monoisotopic (exact) mass is 360 g/mol. The van der Waals surface area contributed by atoms with Gasteiger partial charge in [-0.3, -0.25) is 0 Å². The Hall–Kier alpha value is -2.74. The van der Waals surface area contributed by atoms with Gasteiger partial charge in [-0.15, -0.1) is 0 Å². The molecular weight excluding hydrogens is 328 g/mol. The van der Waals surface area contributed by atoms with E-state index in [0.29, 0.717) is 12.0 Å². The fraction of sp³-hybridized carbons (Fsp3) is 0.280. The largest absolute Gasteiger partial charge is 0.383 e. The van der Waals surface area contributed by atoms with Crippen LogP contribution in [0.2, 0.25) is 0 Å². The summed E-state index contributed by atoms with van der Waals surface area (Å²) in [6, 6.07) is 17.5. The maximum atomic E-state index is 3.58. The highest BCUT2D eigenvalue weighted by Crippen LogP contribution is 2.30. The molecule has 0 aliphatic carbocycles. The van der Waals surface area contributed by atoms with E-state index in [4.69, 9.17) is 0 Å². The van der Waals surface area contributed by atoms with Crippen molar-refractivity contribution < 1.29 is 0 Å². The summed E-state index contributed by atoms with van der Waals surface area (Å²) in [5, 5.41) is 7.00. The Kier molecular flexibility index (Phi) is 8.44. The highest BCUT2D eigenvalue weighted by Gasteiger charge is 2.09. The van der Waals surface area contributed by atoms with Gasteiger partial charge in [0.15, 0.2) is 0 Å². The van der Waals surface area contributed by atoms with Crippen LogP contribution in [0.1, 0.15) is 45.6 Å². The predicted molar refractivity (Wildman–Crippen MR) is 121 cm³/mol. The number of allylic oxidation sites excluding steroid dienone is 6. The molecule has 1 unspecified atom stereocenters. The molecule has 0 amide bonds. The first-order valence-electron chi connectivity index (χ1n) is 9.77. The molecule has 2 aromatic carbocycles. The number of benzene rings is 2. The molecule has 2 aromatic rings. The van der Waals surface area contributed by atoms with E-state index < -0.39 is 0 Å². The summed E-state index contributed by atoms with van der Waals surface area (Å²) in [6.45, 7) is 8.59. The first-order valence-corrected chi connectivity index (χ1v) is 9.77. The lowest BCUT2D eigenvalue weighted by Crippen LogP contribution is -2.09. The van der Waals surface area contributed by atoms with Gasteiger partial charge in [-0.25, -0.2) is 0 Å². The number of nitrogens with one attached hydrogen (secondary N) is 2. The van der Waals surface area contributed by atoms with Crippen LogP contribution in [0.3, 0.4) is 0 Å². The minimum Gasteiger partial charge on any atom is -0.383 e. The van der Waals surface area contributed by atoms with Crippen molar-refractivity contribution >= 4 is 17.1 Å². The molecule has 0 fully saturated rings. The van der Waals surface area contributed by atoms with E-state index in [0.717, 1.165) is 17.8 Å². The van der Waals surface area contributed by atoms with Crippen LogP contribution in [0.25, 0.3) is 0 Å². The lowest BCUT2D eigenvalue weighted by atomic mass is 9.95. The molecule has 0 aliphatic rings. The maximum Gasteiger partial charge on any atom is 0.0419 e. The lowest BCUT2D eigenvalue weighted by molar-refractivity contribution is 0.783. The third-order valence-electron chi connectivity index (χ3n) is 4.26. The molecule has 0 saturated heterocycles. The van der Waals surface area contributed by atoms with Crippen molar-refractivity contribution in [1.29, 1.82) is 0 Å². The minimum atomic E-state index is 0.436. The van der Waals surface area contributed by atoms with E-state index in [1.165, 1.54) is 11.3 Å². The van der Waals surface area contributed by atoms with Gasteiger partial charge in [0, 0.05) is 23.1 Å². The standard InChI is InChI=1S/C25H32N2/c1-5-6-7-8-9-10-13-21(4)24-14-11-12-15-25(24)27-23-18-16-22(17-19-23)26-20(2)3/h5-12,14-21,26-27H,13H2,1-4H3. The number of hydrogen-bond acceptors (Lipinski definition) is 2. The van der Waals surface area contributed by atoms with Gasteiger partial charge in [0.2, 0.25) is 0 Å². The Morgan fingerprint density at radius 2 is 1.48 bits per heavy atom. The molecule has 2 heteroatoms. The molecule has 27 heavy (non-hydrogen) atoms. The summed E-state index contributed by atoms with van der Waals surface area (Å²) in [7, 11) is 0. The van der Waals surface area contributed by atoms with Gasteiger partial charge < -0.3 is 10.6 Å². The highest BCUT2D eigenvalue weighted by atomic mass is 14.9. The molecule has 0 bridgehead atoms. The van der Waals surface area contributed by atoms with Crippen LogP contribution >= 0.6 is 0 Å².